The molecule has 4 rings (SSSR count). The van der Waals surface area contributed by atoms with Crippen LogP contribution in [0.1, 0.15) is 26.3 Å². The number of rotatable bonds is 0. The molecule has 0 aromatic heterocycles. The van der Waals surface area contributed by atoms with Gasteiger partial charge in [0, 0.05) is 4.47 Å². The van der Waals surface area contributed by atoms with E-state index in [1.54, 1.807) is 0 Å². The molecule has 0 aliphatic heterocycles. The van der Waals surface area contributed by atoms with Crippen LogP contribution in [0.2, 0.25) is 0 Å². The van der Waals surface area contributed by atoms with Crippen molar-refractivity contribution >= 4 is 48.2 Å². The molecule has 0 nitrogen and oxygen atoms in total. The molecular weight excluding hydrogens is 320 g/mol. The molecule has 21 heavy (non-hydrogen) atoms. The first-order valence-electron chi connectivity index (χ1n) is 7.33. The van der Waals surface area contributed by atoms with E-state index < -0.39 is 0 Å². The molecule has 0 saturated heterocycles. The normalized spacial score (nSPS) is 12.8. The van der Waals surface area contributed by atoms with Crippen LogP contribution in [0.25, 0.3) is 32.3 Å². The third-order valence-corrected chi connectivity index (χ3v) is 5.09. The van der Waals surface area contributed by atoms with Gasteiger partial charge in [0.1, 0.15) is 0 Å². The molecule has 0 fully saturated rings. The number of halogens is 1. The summed E-state index contributed by atoms with van der Waals surface area (Å²) >= 11 is 3.70. The Labute approximate surface area is 133 Å². The zero-order valence-electron chi connectivity index (χ0n) is 12.5. The Hall–Kier alpha value is -1.60. The van der Waals surface area contributed by atoms with Gasteiger partial charge < -0.3 is 0 Å². The van der Waals surface area contributed by atoms with Crippen molar-refractivity contribution in [1.82, 2.24) is 0 Å². The van der Waals surface area contributed by atoms with Gasteiger partial charge in [-0.25, -0.2) is 0 Å². The maximum atomic E-state index is 3.70. The lowest BCUT2D eigenvalue weighted by Crippen LogP contribution is -2.12. The Morgan fingerprint density at radius 3 is 2.24 bits per heavy atom. The van der Waals surface area contributed by atoms with Crippen molar-refractivity contribution in [3.63, 3.8) is 0 Å². The summed E-state index contributed by atoms with van der Waals surface area (Å²) in [6.07, 6.45) is 0. The summed E-state index contributed by atoms with van der Waals surface area (Å²) in [6.45, 7) is 6.88. The third kappa shape index (κ3) is 1.80. The Balaban J connectivity index is 2.37. The molecule has 0 saturated carbocycles. The summed E-state index contributed by atoms with van der Waals surface area (Å²) in [7, 11) is 0. The quantitative estimate of drug-likeness (QED) is 0.315. The summed E-state index contributed by atoms with van der Waals surface area (Å²) < 4.78 is 1.17. The van der Waals surface area contributed by atoms with Gasteiger partial charge in [-0.05, 0) is 55.4 Å². The highest BCUT2D eigenvalue weighted by Gasteiger charge is 2.20. The highest BCUT2D eigenvalue weighted by Crippen LogP contribution is 2.41. The molecule has 0 N–H and O–H groups in total. The van der Waals surface area contributed by atoms with E-state index in [2.05, 4.69) is 85.2 Å². The van der Waals surface area contributed by atoms with Gasteiger partial charge in [0.15, 0.2) is 0 Å². The van der Waals surface area contributed by atoms with Crippen molar-refractivity contribution in [2.75, 3.05) is 0 Å². The van der Waals surface area contributed by atoms with E-state index in [0.29, 0.717) is 0 Å². The molecule has 0 heterocycles. The van der Waals surface area contributed by atoms with Crippen molar-refractivity contribution < 1.29 is 0 Å². The van der Waals surface area contributed by atoms with Gasteiger partial charge >= 0.3 is 0 Å². The Morgan fingerprint density at radius 1 is 0.762 bits per heavy atom. The smallest absolute Gasteiger partial charge is 0.0254 e. The van der Waals surface area contributed by atoms with Gasteiger partial charge in [-0.3, -0.25) is 0 Å². The van der Waals surface area contributed by atoms with Crippen molar-refractivity contribution in [1.29, 1.82) is 0 Å². The molecule has 0 radical (unpaired) electrons. The van der Waals surface area contributed by atoms with Gasteiger partial charge in [-0.1, -0.05) is 73.1 Å². The summed E-state index contributed by atoms with van der Waals surface area (Å²) in [6, 6.07) is 17.9. The van der Waals surface area contributed by atoms with Crippen molar-refractivity contribution in [2.24, 2.45) is 0 Å². The van der Waals surface area contributed by atoms with E-state index in [1.165, 1.54) is 42.4 Å². The standard InChI is InChI=1S/C20H17Br/c1-20(2,3)16-11-13-8-10-17(21)15-9-7-12-5-4-6-14(16)18(12)19(13)15/h4-11H,1-3H3. The average molecular weight is 337 g/mol. The summed E-state index contributed by atoms with van der Waals surface area (Å²) in [5.74, 6) is 0. The van der Waals surface area contributed by atoms with Crippen LogP contribution in [0, 0.1) is 0 Å². The predicted octanol–water partition coefficient (Wildman–Crippen LogP) is 6.64. The van der Waals surface area contributed by atoms with Crippen LogP contribution in [0.5, 0.6) is 0 Å². The third-order valence-electron chi connectivity index (χ3n) is 4.40. The highest BCUT2D eigenvalue weighted by atomic mass is 79.9. The molecule has 0 amide bonds. The molecule has 0 aliphatic carbocycles. The number of benzene rings is 4. The minimum atomic E-state index is 0.140. The van der Waals surface area contributed by atoms with E-state index in [4.69, 9.17) is 0 Å². The van der Waals surface area contributed by atoms with Crippen LogP contribution in [0.3, 0.4) is 0 Å². The fraction of sp³-hybridized carbons (Fsp3) is 0.200. The van der Waals surface area contributed by atoms with Crippen LogP contribution in [-0.2, 0) is 5.41 Å². The van der Waals surface area contributed by atoms with E-state index in [1.807, 2.05) is 0 Å². The molecule has 0 atom stereocenters. The van der Waals surface area contributed by atoms with Crippen LogP contribution < -0.4 is 0 Å². The molecule has 1 heteroatoms. The molecular formula is C20H17Br. The van der Waals surface area contributed by atoms with E-state index >= 15 is 0 Å². The first-order chi connectivity index (χ1) is 9.97. The minimum Gasteiger partial charge on any atom is -0.0610 e. The van der Waals surface area contributed by atoms with E-state index in [0.717, 1.165) is 0 Å². The molecule has 0 bridgehead atoms. The maximum absolute atomic E-state index is 3.70. The zero-order valence-corrected chi connectivity index (χ0v) is 14.1. The second-order valence-corrected chi connectivity index (χ2v) is 7.69. The highest BCUT2D eigenvalue weighted by molar-refractivity contribution is 9.10. The first kappa shape index (κ1) is 13.1. The Bertz CT molecular complexity index is 974. The second kappa shape index (κ2) is 4.20. The van der Waals surface area contributed by atoms with E-state index in [-0.39, 0.29) is 5.41 Å². The fourth-order valence-corrected chi connectivity index (χ4v) is 3.88. The lowest BCUT2D eigenvalue weighted by atomic mass is 9.80. The van der Waals surface area contributed by atoms with Crippen molar-refractivity contribution in [2.45, 2.75) is 26.2 Å². The van der Waals surface area contributed by atoms with Gasteiger partial charge in [0.25, 0.3) is 0 Å². The first-order valence-corrected chi connectivity index (χ1v) is 8.12. The number of hydrogen-bond acceptors (Lipinski definition) is 0. The topological polar surface area (TPSA) is 0 Å². The van der Waals surface area contributed by atoms with Gasteiger partial charge in [0.05, 0.1) is 0 Å². The SMILES string of the molecule is CC(C)(C)c1cc2ccc(Br)c3ccc4cccc1c4c23. The lowest BCUT2D eigenvalue weighted by Gasteiger charge is -2.24. The summed E-state index contributed by atoms with van der Waals surface area (Å²) in [5.41, 5.74) is 1.57. The van der Waals surface area contributed by atoms with Crippen LogP contribution in [0.15, 0.2) is 53.0 Å². The second-order valence-electron chi connectivity index (χ2n) is 6.84. The lowest BCUT2D eigenvalue weighted by molar-refractivity contribution is 0.596. The zero-order chi connectivity index (χ0) is 14.8. The largest absolute Gasteiger partial charge is 0.0610 e. The van der Waals surface area contributed by atoms with Crippen LogP contribution in [0.4, 0.5) is 0 Å². The Kier molecular flexibility index (Phi) is 2.62. The van der Waals surface area contributed by atoms with Crippen molar-refractivity contribution in [3.8, 4) is 0 Å². The van der Waals surface area contributed by atoms with Gasteiger partial charge in [-0.15, -0.1) is 0 Å². The van der Waals surface area contributed by atoms with Crippen molar-refractivity contribution in [3.05, 3.63) is 58.6 Å². The number of hydrogen-bond donors (Lipinski definition) is 0. The maximum Gasteiger partial charge on any atom is 0.0254 e. The fourth-order valence-electron chi connectivity index (χ4n) is 3.41. The average Bonchev–Trinajstić information content (AvgIpc) is 2.45. The van der Waals surface area contributed by atoms with Gasteiger partial charge in [0.2, 0.25) is 0 Å². The van der Waals surface area contributed by atoms with Crippen LogP contribution in [-0.4, -0.2) is 0 Å². The molecule has 0 unspecified atom stereocenters. The molecule has 0 aliphatic rings. The minimum absolute atomic E-state index is 0.140. The Morgan fingerprint density at radius 2 is 1.48 bits per heavy atom. The predicted molar refractivity (Wildman–Crippen MR) is 96.5 cm³/mol. The monoisotopic (exact) mass is 336 g/mol. The van der Waals surface area contributed by atoms with E-state index in [9.17, 15) is 0 Å². The molecule has 4 aromatic carbocycles. The summed E-state index contributed by atoms with van der Waals surface area (Å²) in [5, 5.41) is 8.13. The van der Waals surface area contributed by atoms with Gasteiger partial charge in [-0.2, -0.15) is 0 Å². The molecule has 0 spiro atoms. The molecule has 4 aromatic rings. The van der Waals surface area contributed by atoms with Crippen LogP contribution >= 0.6 is 15.9 Å². The molecule has 104 valence electrons. The summed E-state index contributed by atoms with van der Waals surface area (Å²) in [4.78, 5) is 0.